The van der Waals surface area contributed by atoms with Crippen LogP contribution in [0.2, 0.25) is 10.3 Å². The second-order valence-corrected chi connectivity index (χ2v) is 9.64. The van der Waals surface area contributed by atoms with Gasteiger partial charge in [-0.1, -0.05) is 66.1 Å². The normalized spacial score (nSPS) is 14.1. The lowest BCUT2D eigenvalue weighted by Crippen LogP contribution is -2.09. The van der Waals surface area contributed by atoms with E-state index >= 15 is 0 Å². The predicted molar refractivity (Wildman–Crippen MR) is 141 cm³/mol. The summed E-state index contributed by atoms with van der Waals surface area (Å²) < 4.78 is 2.16. The molecule has 1 saturated carbocycles. The van der Waals surface area contributed by atoms with Crippen LogP contribution < -0.4 is 5.32 Å². The van der Waals surface area contributed by atoms with E-state index in [9.17, 15) is 0 Å². The van der Waals surface area contributed by atoms with Crippen LogP contribution in [0.3, 0.4) is 0 Å². The molecule has 0 saturated heterocycles. The SMILES string of the molecule is Cc1cccc(-c2nc3nc(Cl)nc(NCCC=CC4CCC4)c3n2Cc2ccc(Cl)cc2)c1. The van der Waals surface area contributed by atoms with Crippen LogP contribution in [0, 0.1) is 12.8 Å². The van der Waals surface area contributed by atoms with Gasteiger partial charge in [0.1, 0.15) is 11.3 Å². The number of nitrogens with zero attached hydrogens (tertiary/aromatic N) is 4. The minimum atomic E-state index is 0.187. The van der Waals surface area contributed by atoms with Gasteiger partial charge < -0.3 is 9.88 Å². The van der Waals surface area contributed by atoms with Crippen molar-refractivity contribution in [2.24, 2.45) is 5.92 Å². The van der Waals surface area contributed by atoms with Gasteiger partial charge in [-0.15, -0.1) is 0 Å². The Morgan fingerprint density at radius 3 is 2.62 bits per heavy atom. The summed E-state index contributed by atoms with van der Waals surface area (Å²) in [5.41, 5.74) is 4.74. The molecule has 2 heterocycles. The zero-order valence-electron chi connectivity index (χ0n) is 19.1. The van der Waals surface area contributed by atoms with Crippen LogP contribution in [0.25, 0.3) is 22.6 Å². The Kier molecular flexibility index (Phi) is 6.84. The molecule has 1 N–H and O–H groups in total. The molecular formula is C27H27Cl2N5. The van der Waals surface area contributed by atoms with E-state index in [4.69, 9.17) is 28.2 Å². The number of anilines is 1. The van der Waals surface area contributed by atoms with Crippen molar-refractivity contribution in [3.8, 4) is 11.4 Å². The van der Waals surface area contributed by atoms with E-state index in [1.807, 2.05) is 30.3 Å². The molecule has 0 atom stereocenters. The molecule has 0 unspecified atom stereocenters. The van der Waals surface area contributed by atoms with Gasteiger partial charge in [-0.2, -0.15) is 9.97 Å². The smallest absolute Gasteiger partial charge is 0.226 e. The van der Waals surface area contributed by atoms with Crippen molar-refractivity contribution in [2.75, 3.05) is 11.9 Å². The number of imidazole rings is 1. The summed E-state index contributed by atoms with van der Waals surface area (Å²) in [6, 6.07) is 16.2. The van der Waals surface area contributed by atoms with Gasteiger partial charge in [0.15, 0.2) is 11.5 Å². The number of fused-ring (bicyclic) bond motifs is 1. The molecule has 0 amide bonds. The molecule has 0 bridgehead atoms. The van der Waals surface area contributed by atoms with Crippen LogP contribution in [-0.2, 0) is 6.54 Å². The van der Waals surface area contributed by atoms with Gasteiger partial charge >= 0.3 is 0 Å². The predicted octanol–water partition coefficient (Wildman–Crippen LogP) is 7.32. The van der Waals surface area contributed by atoms with Crippen molar-refractivity contribution in [1.29, 1.82) is 0 Å². The first-order valence-electron chi connectivity index (χ1n) is 11.7. The first-order chi connectivity index (χ1) is 16.6. The third-order valence-corrected chi connectivity index (χ3v) is 6.69. The van der Waals surface area contributed by atoms with Crippen molar-refractivity contribution in [3.05, 3.63) is 82.1 Å². The summed E-state index contributed by atoms with van der Waals surface area (Å²) in [5, 5.41) is 4.38. The van der Waals surface area contributed by atoms with E-state index in [-0.39, 0.29) is 5.28 Å². The van der Waals surface area contributed by atoms with Gasteiger partial charge in [0.2, 0.25) is 5.28 Å². The highest BCUT2D eigenvalue weighted by molar-refractivity contribution is 6.30. The summed E-state index contributed by atoms with van der Waals surface area (Å²) >= 11 is 12.4. The summed E-state index contributed by atoms with van der Waals surface area (Å²) in [4.78, 5) is 13.9. The number of nitrogens with one attached hydrogen (secondary N) is 1. The lowest BCUT2D eigenvalue weighted by molar-refractivity contribution is 0.387. The quantitative estimate of drug-likeness (QED) is 0.159. The Morgan fingerprint density at radius 2 is 1.88 bits per heavy atom. The molecule has 0 aliphatic heterocycles. The minimum absolute atomic E-state index is 0.187. The first-order valence-corrected chi connectivity index (χ1v) is 12.5. The van der Waals surface area contributed by atoms with Crippen LogP contribution in [0.15, 0.2) is 60.7 Å². The van der Waals surface area contributed by atoms with Gasteiger partial charge in [0.05, 0.1) is 0 Å². The Bertz CT molecular complexity index is 1320. The van der Waals surface area contributed by atoms with Crippen LogP contribution >= 0.6 is 23.2 Å². The van der Waals surface area contributed by atoms with Crippen molar-refractivity contribution >= 4 is 40.2 Å². The Labute approximate surface area is 209 Å². The lowest BCUT2D eigenvalue weighted by Gasteiger charge is -2.21. The van der Waals surface area contributed by atoms with Gasteiger partial charge in [-0.05, 0) is 67.5 Å². The monoisotopic (exact) mass is 491 g/mol. The van der Waals surface area contributed by atoms with Gasteiger partial charge in [0.25, 0.3) is 0 Å². The van der Waals surface area contributed by atoms with E-state index in [0.29, 0.717) is 23.0 Å². The van der Waals surface area contributed by atoms with Gasteiger partial charge in [0, 0.05) is 23.7 Å². The van der Waals surface area contributed by atoms with Crippen molar-refractivity contribution < 1.29 is 0 Å². The maximum absolute atomic E-state index is 6.30. The molecule has 2 aromatic carbocycles. The molecule has 1 aliphatic carbocycles. The summed E-state index contributed by atoms with van der Waals surface area (Å²) in [6.45, 7) is 3.45. The van der Waals surface area contributed by atoms with E-state index in [1.165, 1.54) is 24.8 Å². The number of rotatable bonds is 8. The second kappa shape index (κ2) is 10.2. The number of allylic oxidation sites excluding steroid dienone is 1. The number of hydrogen-bond donors (Lipinski definition) is 1. The number of aromatic nitrogens is 4. The fourth-order valence-electron chi connectivity index (χ4n) is 4.26. The van der Waals surface area contributed by atoms with E-state index in [1.54, 1.807) is 0 Å². The Morgan fingerprint density at radius 1 is 1.06 bits per heavy atom. The second-order valence-electron chi connectivity index (χ2n) is 8.87. The fourth-order valence-corrected chi connectivity index (χ4v) is 4.55. The highest BCUT2D eigenvalue weighted by Crippen LogP contribution is 2.31. The molecule has 5 rings (SSSR count). The van der Waals surface area contributed by atoms with Gasteiger partial charge in [-0.25, -0.2) is 4.98 Å². The molecular weight excluding hydrogens is 465 g/mol. The first kappa shape index (κ1) is 22.9. The molecule has 174 valence electrons. The highest BCUT2D eigenvalue weighted by atomic mass is 35.5. The van der Waals surface area contributed by atoms with Crippen LogP contribution in [0.5, 0.6) is 0 Å². The van der Waals surface area contributed by atoms with Gasteiger partial charge in [-0.3, -0.25) is 0 Å². The molecule has 34 heavy (non-hydrogen) atoms. The molecule has 4 aromatic rings. The number of halogens is 2. The fraction of sp³-hybridized carbons (Fsp3) is 0.296. The topological polar surface area (TPSA) is 55.6 Å². The van der Waals surface area contributed by atoms with E-state index in [2.05, 4.69) is 57.1 Å². The molecule has 0 spiro atoms. The molecule has 1 aliphatic rings. The van der Waals surface area contributed by atoms with Crippen molar-refractivity contribution in [1.82, 2.24) is 19.5 Å². The Balaban J connectivity index is 1.53. The number of benzene rings is 2. The average Bonchev–Trinajstić information content (AvgIpc) is 3.14. The molecule has 7 heteroatoms. The summed E-state index contributed by atoms with van der Waals surface area (Å²) in [5.74, 6) is 2.29. The summed E-state index contributed by atoms with van der Waals surface area (Å²) in [6.07, 6.45) is 9.52. The van der Waals surface area contributed by atoms with Crippen molar-refractivity contribution in [3.63, 3.8) is 0 Å². The van der Waals surface area contributed by atoms with Crippen LogP contribution in [-0.4, -0.2) is 26.1 Å². The van der Waals surface area contributed by atoms with Crippen LogP contribution in [0.4, 0.5) is 5.82 Å². The van der Waals surface area contributed by atoms with Crippen molar-refractivity contribution in [2.45, 2.75) is 39.2 Å². The van der Waals surface area contributed by atoms with E-state index in [0.717, 1.165) is 41.4 Å². The third-order valence-electron chi connectivity index (χ3n) is 6.27. The molecule has 2 aromatic heterocycles. The largest absolute Gasteiger partial charge is 0.368 e. The minimum Gasteiger partial charge on any atom is -0.368 e. The molecule has 1 fully saturated rings. The zero-order chi connectivity index (χ0) is 23.5. The number of hydrogen-bond acceptors (Lipinski definition) is 4. The number of aryl methyl sites for hydroxylation is 1. The zero-order valence-corrected chi connectivity index (χ0v) is 20.7. The van der Waals surface area contributed by atoms with Crippen LogP contribution in [0.1, 0.15) is 36.8 Å². The Hall–Kier alpha value is -2.89. The summed E-state index contributed by atoms with van der Waals surface area (Å²) in [7, 11) is 0. The third kappa shape index (κ3) is 5.11. The van der Waals surface area contributed by atoms with E-state index < -0.39 is 0 Å². The lowest BCUT2D eigenvalue weighted by atomic mass is 9.85. The maximum Gasteiger partial charge on any atom is 0.226 e. The molecule has 5 nitrogen and oxygen atoms in total. The standard InChI is InChI=1S/C27H27Cl2N5/c1-18-6-4-10-21(16-18)26-31-25-23(34(26)17-20-11-13-22(28)14-12-20)24(32-27(29)33-25)30-15-3-2-7-19-8-5-9-19/h2,4,6-7,10-14,16,19H,3,5,8-9,15,17H2,1H3,(H,30,32,33). The highest BCUT2D eigenvalue weighted by Gasteiger charge is 2.19. The molecule has 0 radical (unpaired) electrons. The average molecular weight is 492 g/mol. The maximum atomic E-state index is 6.30.